The summed E-state index contributed by atoms with van der Waals surface area (Å²) in [5.74, 6) is 0.573. The van der Waals surface area contributed by atoms with Crippen LogP contribution in [-0.2, 0) is 0 Å². The number of hydrogen-bond donors (Lipinski definition) is 3. The van der Waals surface area contributed by atoms with E-state index in [1.807, 2.05) is 0 Å². The van der Waals surface area contributed by atoms with E-state index in [0.717, 1.165) is 25.9 Å². The third kappa shape index (κ3) is 5.01. The highest BCUT2D eigenvalue weighted by Gasteiger charge is 2.28. The first-order valence-corrected chi connectivity index (χ1v) is 9.51. The van der Waals surface area contributed by atoms with E-state index in [9.17, 15) is 8.78 Å². The van der Waals surface area contributed by atoms with Crippen LogP contribution in [0.2, 0.25) is 5.02 Å². The molecule has 1 saturated heterocycles. The minimum Gasteiger partial charge on any atom is -0.305 e. The van der Waals surface area contributed by atoms with E-state index in [4.69, 9.17) is 22.0 Å². The number of benzene rings is 1. The molecule has 1 unspecified atom stereocenters. The maximum Gasteiger partial charge on any atom is 0.320 e. The Morgan fingerprint density at radius 1 is 1.50 bits per heavy atom. The molecule has 0 spiro atoms. The molecule has 6 nitrogen and oxygen atoms in total. The van der Waals surface area contributed by atoms with Crippen molar-refractivity contribution in [3.05, 3.63) is 46.1 Å². The Hall–Kier alpha value is -2.16. The van der Waals surface area contributed by atoms with Gasteiger partial charge in [-0.25, -0.2) is 24.5 Å². The zero-order chi connectivity index (χ0) is 20.3. The third-order valence-corrected chi connectivity index (χ3v) is 4.88. The summed E-state index contributed by atoms with van der Waals surface area (Å²) in [6.07, 6.45) is 0.991. The predicted molar refractivity (Wildman–Crippen MR) is 107 cm³/mol. The summed E-state index contributed by atoms with van der Waals surface area (Å²) in [5.41, 5.74) is 4.19. The smallest absolute Gasteiger partial charge is 0.305 e. The van der Waals surface area contributed by atoms with Crippen LogP contribution in [0.1, 0.15) is 37.3 Å². The van der Waals surface area contributed by atoms with Crippen LogP contribution in [0, 0.1) is 5.41 Å². The van der Waals surface area contributed by atoms with Gasteiger partial charge in [0, 0.05) is 34.5 Å². The summed E-state index contributed by atoms with van der Waals surface area (Å²) in [4.78, 5) is 6.96. The van der Waals surface area contributed by atoms with Crippen molar-refractivity contribution in [2.45, 2.75) is 32.2 Å². The summed E-state index contributed by atoms with van der Waals surface area (Å²) >= 11 is 5.90. The number of hydrazone groups is 1. The van der Waals surface area contributed by atoms with Gasteiger partial charge in [-0.3, -0.25) is 0 Å². The number of likely N-dealkylation sites (tertiary alicyclic amines) is 1. The molecule has 0 aliphatic carbocycles. The Morgan fingerprint density at radius 3 is 2.96 bits per heavy atom. The van der Waals surface area contributed by atoms with E-state index in [1.165, 1.54) is 12.1 Å². The Labute approximate surface area is 167 Å². The van der Waals surface area contributed by atoms with Crippen LogP contribution in [0.5, 0.6) is 0 Å². The number of quaternary nitrogens is 1. The molecule has 2 aliphatic heterocycles. The van der Waals surface area contributed by atoms with Gasteiger partial charge in [-0.15, -0.1) is 0 Å². The highest BCUT2D eigenvalue weighted by Crippen LogP contribution is 2.27. The number of likely N-dealkylation sites (N-methyl/N-ethyl adjacent to an activating group) is 1. The van der Waals surface area contributed by atoms with Gasteiger partial charge in [0.15, 0.2) is 11.4 Å². The number of aliphatic imine (C=N–C) groups is 1. The average molecular weight is 410 g/mol. The highest BCUT2D eigenvalue weighted by atomic mass is 35.5. The highest BCUT2D eigenvalue weighted by molar-refractivity contribution is 6.31. The normalized spacial score (nSPS) is 23.8. The first kappa shape index (κ1) is 20.6. The van der Waals surface area contributed by atoms with Gasteiger partial charge >= 0.3 is 5.96 Å². The standard InChI is InChI=1S/C19H23ClF2N6/c1-11(23)8-16-17(14-6-5-12(20)9-15(14)18(21)22)26-27-19(25-16)24-13-4-3-7-28(2)10-13/h5-6,8-9,13,18,23H,3-4,7,10H2,1-2H3,(H2,24,25,27)/p+1/b16-8-,23-11?. The Morgan fingerprint density at radius 2 is 2.29 bits per heavy atom. The first-order chi connectivity index (χ1) is 13.3. The number of halogens is 3. The Bertz CT molecular complexity index is 849. The third-order valence-electron chi connectivity index (χ3n) is 4.65. The fraction of sp³-hybridized carbons (Fsp3) is 0.421. The maximum atomic E-state index is 13.5. The van der Waals surface area contributed by atoms with Crippen molar-refractivity contribution < 1.29 is 14.1 Å². The lowest BCUT2D eigenvalue weighted by Gasteiger charge is -2.27. The van der Waals surface area contributed by atoms with Crippen LogP contribution in [-0.4, -0.2) is 48.5 Å². The molecule has 3 rings (SSSR count). The van der Waals surface area contributed by atoms with Gasteiger partial charge in [0.2, 0.25) is 0 Å². The molecule has 28 heavy (non-hydrogen) atoms. The van der Waals surface area contributed by atoms with E-state index in [-0.39, 0.29) is 22.2 Å². The molecule has 1 atom stereocenters. The van der Waals surface area contributed by atoms with Gasteiger partial charge < -0.3 is 10.3 Å². The lowest BCUT2D eigenvalue weighted by atomic mass is 10.00. The largest absolute Gasteiger partial charge is 0.320 e. The lowest BCUT2D eigenvalue weighted by Crippen LogP contribution is -2.92. The predicted octanol–water partition coefficient (Wildman–Crippen LogP) is 2.52. The first-order valence-electron chi connectivity index (χ1n) is 9.13. The van der Waals surface area contributed by atoms with Gasteiger partial charge in [-0.2, -0.15) is 5.10 Å². The maximum absolute atomic E-state index is 13.5. The van der Waals surface area contributed by atoms with Crippen molar-refractivity contribution in [2.75, 3.05) is 20.1 Å². The van der Waals surface area contributed by atoms with Crippen molar-refractivity contribution in [1.82, 2.24) is 10.3 Å². The van der Waals surface area contributed by atoms with Crippen molar-refractivity contribution >= 4 is 29.0 Å². The summed E-state index contributed by atoms with van der Waals surface area (Å²) in [6.45, 7) is 3.56. The second-order valence-corrected chi connectivity index (χ2v) is 7.54. The van der Waals surface area contributed by atoms with Crippen molar-refractivity contribution in [3.63, 3.8) is 0 Å². The number of rotatable bonds is 4. The molecular weight excluding hydrogens is 386 g/mol. The number of alkyl halides is 2. The minimum absolute atomic E-state index is 0.156. The van der Waals surface area contributed by atoms with Gasteiger partial charge in [-0.1, -0.05) is 17.7 Å². The molecule has 2 aliphatic rings. The van der Waals surface area contributed by atoms with Crippen molar-refractivity contribution in [2.24, 2.45) is 10.1 Å². The van der Waals surface area contributed by atoms with Gasteiger partial charge in [-0.05, 0) is 45.5 Å². The molecule has 150 valence electrons. The van der Waals surface area contributed by atoms with E-state index in [0.29, 0.717) is 23.1 Å². The molecule has 0 saturated carbocycles. The molecule has 0 aromatic heterocycles. The Kier molecular flexibility index (Phi) is 6.53. The van der Waals surface area contributed by atoms with E-state index in [1.54, 1.807) is 24.4 Å². The molecule has 0 bridgehead atoms. The van der Waals surface area contributed by atoms with Gasteiger partial charge in [0.05, 0.1) is 6.04 Å². The van der Waals surface area contributed by atoms with Gasteiger partial charge in [0.1, 0.15) is 0 Å². The number of nitrogens with zero attached hydrogens (tertiary/aromatic N) is 3. The van der Waals surface area contributed by atoms with E-state index in [2.05, 4.69) is 22.5 Å². The molecule has 4 N–H and O–H groups in total. The molecule has 0 amide bonds. The molecule has 1 aromatic rings. The molecule has 1 aromatic carbocycles. The number of nitrogens with one attached hydrogen (secondary N) is 2. The van der Waals surface area contributed by atoms with Crippen LogP contribution in [0.4, 0.5) is 8.78 Å². The quantitative estimate of drug-likeness (QED) is 0.668. The zero-order valence-electron chi connectivity index (χ0n) is 15.8. The molecule has 9 heteroatoms. The topological polar surface area (TPSA) is 80.5 Å². The lowest BCUT2D eigenvalue weighted by molar-refractivity contribution is -0.481. The molecule has 2 heterocycles. The fourth-order valence-corrected chi connectivity index (χ4v) is 3.60. The van der Waals surface area contributed by atoms with E-state index < -0.39 is 6.43 Å². The summed E-state index contributed by atoms with van der Waals surface area (Å²) < 4.78 is 27.1. The number of piperidine rings is 1. The summed E-state index contributed by atoms with van der Waals surface area (Å²) in [5, 5.41) is 14.1. The molecular formula is C19H24ClF2N6+. The fourth-order valence-electron chi connectivity index (χ4n) is 3.42. The van der Waals surface area contributed by atoms with Gasteiger partial charge in [0.25, 0.3) is 6.43 Å². The number of allylic oxidation sites excluding steroid dienone is 2. The SMILES string of the molecule is CC(=N)/C=C1\[NH2+]C(=NC2CCCN(C)C2)NN=C1c1ccc(Cl)cc1C(F)F. The summed E-state index contributed by atoms with van der Waals surface area (Å²) in [7, 11) is 2.07. The minimum atomic E-state index is -2.69. The number of nitrogens with two attached hydrogens (primary N) is 1. The van der Waals surface area contributed by atoms with Crippen LogP contribution in [0.25, 0.3) is 0 Å². The van der Waals surface area contributed by atoms with Crippen LogP contribution >= 0.6 is 11.6 Å². The van der Waals surface area contributed by atoms with Crippen LogP contribution in [0.15, 0.2) is 40.1 Å². The summed E-state index contributed by atoms with van der Waals surface area (Å²) in [6, 6.07) is 4.50. The molecule has 1 fully saturated rings. The Balaban J connectivity index is 1.96. The second kappa shape index (κ2) is 8.89. The zero-order valence-corrected chi connectivity index (χ0v) is 16.6. The number of hydrogen-bond acceptors (Lipinski definition) is 4. The van der Waals surface area contributed by atoms with Crippen LogP contribution in [0.3, 0.4) is 0 Å². The molecule has 0 radical (unpaired) electrons. The van der Waals surface area contributed by atoms with Crippen LogP contribution < -0.4 is 10.7 Å². The number of guanidine groups is 1. The average Bonchev–Trinajstić information content (AvgIpc) is 2.62. The van der Waals surface area contributed by atoms with E-state index >= 15 is 0 Å². The monoisotopic (exact) mass is 409 g/mol. The van der Waals surface area contributed by atoms with Crippen molar-refractivity contribution in [1.29, 1.82) is 5.41 Å². The van der Waals surface area contributed by atoms with Crippen molar-refractivity contribution in [3.8, 4) is 0 Å². The second-order valence-electron chi connectivity index (χ2n) is 7.10.